The molecule has 0 bridgehead atoms. The third-order valence-electron chi connectivity index (χ3n) is 1.66. The highest BCUT2D eigenvalue weighted by Crippen LogP contribution is 2.21. The molecule has 0 aliphatic heterocycles. The Balaban J connectivity index is 2.42. The molecule has 5 nitrogen and oxygen atoms in total. The number of nitrogens with zero attached hydrogens (tertiary/aromatic N) is 1. The quantitative estimate of drug-likeness (QED) is 0.806. The van der Waals surface area contributed by atoms with Gasteiger partial charge in [-0.25, -0.2) is 0 Å². The van der Waals surface area contributed by atoms with Crippen LogP contribution in [0.3, 0.4) is 0 Å². The minimum atomic E-state index is -4.66. The molecule has 0 aliphatic carbocycles. The van der Waals surface area contributed by atoms with Crippen molar-refractivity contribution in [2.24, 2.45) is 0 Å². The minimum Gasteiger partial charge on any atom is -0.479 e. The monoisotopic (exact) mass is 252 g/mol. The van der Waals surface area contributed by atoms with Gasteiger partial charge in [-0.05, 0) is 6.07 Å². The Morgan fingerprint density at radius 3 is 2.59 bits per heavy atom. The lowest BCUT2D eigenvalue weighted by atomic mass is 10.4. The highest BCUT2D eigenvalue weighted by atomic mass is 19.4. The summed E-state index contributed by atoms with van der Waals surface area (Å²) in [6, 6.07) is 2.90. The molecule has 1 aromatic rings. The van der Waals surface area contributed by atoms with Gasteiger partial charge >= 0.3 is 6.36 Å². The number of nitrogens with two attached hydrogens (primary N) is 1. The van der Waals surface area contributed by atoms with Crippen LogP contribution in [-0.4, -0.2) is 31.7 Å². The van der Waals surface area contributed by atoms with Crippen LogP contribution in [0.4, 0.5) is 18.9 Å². The van der Waals surface area contributed by atoms with E-state index in [-0.39, 0.29) is 18.4 Å². The fourth-order valence-electron chi connectivity index (χ4n) is 0.982. The summed E-state index contributed by atoms with van der Waals surface area (Å²) in [6.07, 6.45) is -4.66. The summed E-state index contributed by atoms with van der Waals surface area (Å²) in [5.41, 5.74) is 5.81. The normalized spacial score (nSPS) is 11.3. The SMILES string of the molecule is COc1nc(OCCOC(F)(F)F)ccc1N. The Hall–Kier alpha value is -1.70. The molecule has 2 N–H and O–H groups in total. The maximum absolute atomic E-state index is 11.6. The van der Waals surface area contributed by atoms with Gasteiger partial charge in [-0.3, -0.25) is 4.74 Å². The van der Waals surface area contributed by atoms with E-state index >= 15 is 0 Å². The molecular weight excluding hydrogens is 241 g/mol. The molecular formula is C9H11F3N2O3. The minimum absolute atomic E-state index is 0.113. The van der Waals surface area contributed by atoms with E-state index in [1.165, 1.54) is 19.2 Å². The van der Waals surface area contributed by atoms with Crippen LogP contribution < -0.4 is 15.2 Å². The topological polar surface area (TPSA) is 66.6 Å². The van der Waals surface area contributed by atoms with E-state index < -0.39 is 13.0 Å². The first-order valence-electron chi connectivity index (χ1n) is 4.56. The van der Waals surface area contributed by atoms with Crippen LogP contribution in [0.1, 0.15) is 0 Å². The first-order valence-corrected chi connectivity index (χ1v) is 4.56. The Bertz CT molecular complexity index is 371. The number of ether oxygens (including phenoxy) is 3. The van der Waals surface area contributed by atoms with E-state index in [1.54, 1.807) is 0 Å². The zero-order valence-corrected chi connectivity index (χ0v) is 8.95. The van der Waals surface area contributed by atoms with Crippen LogP contribution in [0.2, 0.25) is 0 Å². The standard InChI is InChI=1S/C9H11F3N2O3/c1-15-8-6(13)2-3-7(14-8)16-4-5-17-9(10,11)12/h2-3H,4-5,13H2,1H3. The largest absolute Gasteiger partial charge is 0.522 e. The van der Waals surface area contributed by atoms with Crippen molar-refractivity contribution in [3.05, 3.63) is 12.1 Å². The molecule has 0 aliphatic rings. The lowest BCUT2D eigenvalue weighted by Crippen LogP contribution is -2.18. The van der Waals surface area contributed by atoms with Crippen molar-refractivity contribution in [1.29, 1.82) is 0 Å². The number of alkyl halides is 3. The number of anilines is 1. The third kappa shape index (κ3) is 4.77. The number of methoxy groups -OCH3 is 1. The molecule has 1 heterocycles. The van der Waals surface area contributed by atoms with E-state index in [4.69, 9.17) is 15.2 Å². The van der Waals surface area contributed by atoms with Gasteiger partial charge in [0.15, 0.2) is 0 Å². The van der Waals surface area contributed by atoms with Crippen LogP contribution in [0.15, 0.2) is 12.1 Å². The van der Waals surface area contributed by atoms with Crippen LogP contribution in [0.25, 0.3) is 0 Å². The first-order chi connectivity index (χ1) is 7.92. The van der Waals surface area contributed by atoms with Crippen LogP contribution in [-0.2, 0) is 4.74 Å². The zero-order valence-electron chi connectivity index (χ0n) is 8.95. The predicted molar refractivity (Wildman–Crippen MR) is 52.7 cm³/mol. The summed E-state index contributed by atoms with van der Waals surface area (Å²) in [6.45, 7) is -0.891. The second-order valence-electron chi connectivity index (χ2n) is 2.89. The summed E-state index contributed by atoms with van der Waals surface area (Å²) in [4.78, 5) is 3.82. The molecule has 0 radical (unpaired) electrons. The molecule has 8 heteroatoms. The summed E-state index contributed by atoms with van der Waals surface area (Å²) < 4.78 is 48.1. The number of nitrogen functional groups attached to an aromatic ring is 1. The molecule has 0 spiro atoms. The fraction of sp³-hybridized carbons (Fsp3) is 0.444. The van der Waals surface area contributed by atoms with E-state index in [9.17, 15) is 13.2 Å². The van der Waals surface area contributed by atoms with Crippen molar-refractivity contribution in [1.82, 2.24) is 4.98 Å². The Morgan fingerprint density at radius 2 is 2.00 bits per heavy atom. The average molecular weight is 252 g/mol. The van der Waals surface area contributed by atoms with Crippen LogP contribution >= 0.6 is 0 Å². The van der Waals surface area contributed by atoms with Crippen LogP contribution in [0.5, 0.6) is 11.8 Å². The molecule has 0 fully saturated rings. The number of hydrogen-bond acceptors (Lipinski definition) is 5. The van der Waals surface area contributed by atoms with Crippen molar-refractivity contribution in [3.63, 3.8) is 0 Å². The summed E-state index contributed by atoms with van der Waals surface area (Å²) in [7, 11) is 1.37. The van der Waals surface area contributed by atoms with Gasteiger partial charge in [-0.15, -0.1) is 13.2 Å². The average Bonchev–Trinajstić information content (AvgIpc) is 2.25. The number of pyridine rings is 1. The van der Waals surface area contributed by atoms with E-state index in [1.807, 2.05) is 0 Å². The number of halogens is 3. The molecule has 0 saturated heterocycles. The number of aromatic nitrogens is 1. The maximum atomic E-state index is 11.6. The molecule has 1 rings (SSSR count). The van der Waals surface area contributed by atoms with Gasteiger partial charge in [-0.2, -0.15) is 4.98 Å². The van der Waals surface area contributed by atoms with Crippen LogP contribution in [0, 0.1) is 0 Å². The Kier molecular flexibility index (Phi) is 4.38. The fourth-order valence-corrected chi connectivity index (χ4v) is 0.982. The lowest BCUT2D eigenvalue weighted by Gasteiger charge is -2.09. The molecule has 17 heavy (non-hydrogen) atoms. The predicted octanol–water partition coefficient (Wildman–Crippen LogP) is 1.59. The van der Waals surface area contributed by atoms with E-state index in [2.05, 4.69) is 9.72 Å². The smallest absolute Gasteiger partial charge is 0.479 e. The van der Waals surface area contributed by atoms with Gasteiger partial charge in [0.2, 0.25) is 11.8 Å². The van der Waals surface area contributed by atoms with E-state index in [0.29, 0.717) is 5.69 Å². The molecule has 0 amide bonds. The van der Waals surface area contributed by atoms with Crippen molar-refractivity contribution in [3.8, 4) is 11.8 Å². The molecule has 1 aromatic heterocycles. The molecule has 0 aromatic carbocycles. The van der Waals surface area contributed by atoms with Crippen molar-refractivity contribution < 1.29 is 27.4 Å². The lowest BCUT2D eigenvalue weighted by molar-refractivity contribution is -0.325. The molecule has 96 valence electrons. The van der Waals surface area contributed by atoms with Crippen molar-refractivity contribution in [2.75, 3.05) is 26.1 Å². The number of rotatable bonds is 5. The second-order valence-corrected chi connectivity index (χ2v) is 2.89. The highest BCUT2D eigenvalue weighted by molar-refractivity contribution is 5.49. The van der Waals surface area contributed by atoms with Crippen molar-refractivity contribution in [2.45, 2.75) is 6.36 Å². The second kappa shape index (κ2) is 5.58. The highest BCUT2D eigenvalue weighted by Gasteiger charge is 2.28. The first kappa shape index (κ1) is 13.4. The van der Waals surface area contributed by atoms with Gasteiger partial charge in [0.1, 0.15) is 6.61 Å². The van der Waals surface area contributed by atoms with E-state index in [0.717, 1.165) is 0 Å². The Labute approximate surface area is 95.3 Å². The summed E-state index contributed by atoms with van der Waals surface area (Å²) in [5, 5.41) is 0. The van der Waals surface area contributed by atoms with Crippen molar-refractivity contribution >= 4 is 5.69 Å². The van der Waals surface area contributed by atoms with Gasteiger partial charge in [0, 0.05) is 6.07 Å². The third-order valence-corrected chi connectivity index (χ3v) is 1.66. The summed E-state index contributed by atoms with van der Waals surface area (Å²) in [5.74, 6) is 0.265. The summed E-state index contributed by atoms with van der Waals surface area (Å²) >= 11 is 0. The maximum Gasteiger partial charge on any atom is 0.522 e. The Morgan fingerprint density at radius 1 is 1.29 bits per heavy atom. The molecule has 0 unspecified atom stereocenters. The zero-order chi connectivity index (χ0) is 12.9. The van der Waals surface area contributed by atoms with Gasteiger partial charge in [0.25, 0.3) is 0 Å². The molecule has 0 atom stereocenters. The number of hydrogen-bond donors (Lipinski definition) is 1. The van der Waals surface area contributed by atoms with Gasteiger partial charge < -0.3 is 15.2 Å². The van der Waals surface area contributed by atoms with Gasteiger partial charge in [0.05, 0.1) is 19.4 Å². The van der Waals surface area contributed by atoms with Gasteiger partial charge in [-0.1, -0.05) is 0 Å². The molecule has 0 saturated carbocycles.